The molecule has 1 aliphatic rings. The molecule has 0 saturated carbocycles. The van der Waals surface area contributed by atoms with Gasteiger partial charge in [0.15, 0.2) is 0 Å². The van der Waals surface area contributed by atoms with Crippen LogP contribution in [0.2, 0.25) is 13.1 Å². The smallest absolute Gasteiger partial charge is 0.277 e. The summed E-state index contributed by atoms with van der Waals surface area (Å²) < 4.78 is 9.57. The van der Waals surface area contributed by atoms with Crippen molar-refractivity contribution in [1.82, 2.24) is 14.5 Å². The molecule has 8 aromatic rings. The summed E-state index contributed by atoms with van der Waals surface area (Å²) >= 11 is 0. The molecule has 0 bridgehead atoms. The van der Waals surface area contributed by atoms with Crippen LogP contribution in [0.15, 0.2) is 128 Å². The largest absolute Gasteiger partial charge is 0.538 e. The fourth-order valence-electron chi connectivity index (χ4n) is 10.3. The number of pyridine rings is 1. The fourth-order valence-corrected chi connectivity index (χ4v) is 12.5. The van der Waals surface area contributed by atoms with Crippen LogP contribution in [-0.4, -0.2) is 28.0 Å². The standard InChI is InChI=1S/C65H75N3O2Si/c1-61(2,3)39-40-26-28-48-49-30-31-66-56(59(49)70-71(16,17)55(48)32-40)43-33-42(34-45(35-43)63(7,8)9)47-24-21-25-54-57(47)67-60(51-37-46(64(10,11)12)38-52(58(51)69)65(13,14)15)68(54)53-29-27-44(62(4,5)6)36-50(53)41-22-19-18-20-23-41/h18-38,69H,39H2,1-17H3. The molecule has 2 aromatic heterocycles. The first kappa shape index (κ1) is 49.7. The van der Waals surface area contributed by atoms with E-state index in [0.29, 0.717) is 11.4 Å². The molecule has 0 saturated heterocycles. The number of imidazole rings is 1. The minimum atomic E-state index is -2.42. The van der Waals surface area contributed by atoms with Gasteiger partial charge in [0.05, 0.1) is 22.3 Å². The van der Waals surface area contributed by atoms with Crippen LogP contribution in [0.3, 0.4) is 0 Å². The molecule has 0 unspecified atom stereocenters. The second-order valence-corrected chi connectivity index (χ2v) is 29.8. The average Bonchev–Trinajstić information content (AvgIpc) is 3.66. The molecule has 1 aliphatic heterocycles. The second kappa shape index (κ2) is 17.2. The number of para-hydroxylation sites is 1. The Kier molecular flexibility index (Phi) is 12.1. The molecule has 5 nitrogen and oxygen atoms in total. The Hall–Kier alpha value is -6.24. The third-order valence-electron chi connectivity index (χ3n) is 14.3. The highest BCUT2D eigenvalue weighted by Crippen LogP contribution is 2.48. The number of nitrogens with zero attached hydrogens (tertiary/aromatic N) is 3. The van der Waals surface area contributed by atoms with E-state index in [1.165, 1.54) is 27.4 Å². The third kappa shape index (κ3) is 9.53. The number of aromatic hydroxyl groups is 1. The predicted octanol–water partition coefficient (Wildman–Crippen LogP) is 17.0. The fraction of sp³-hybridized carbons (Fsp3) is 0.354. The molecule has 0 spiro atoms. The second-order valence-electron chi connectivity index (χ2n) is 26.0. The molecule has 0 fully saturated rings. The Morgan fingerprint density at radius 2 is 1.18 bits per heavy atom. The summed E-state index contributed by atoms with van der Waals surface area (Å²) in [6, 6.07) is 44.5. The Labute approximate surface area is 425 Å². The van der Waals surface area contributed by atoms with Crippen molar-refractivity contribution in [3.8, 4) is 73.2 Å². The summed E-state index contributed by atoms with van der Waals surface area (Å²) in [5.74, 6) is 1.81. The van der Waals surface area contributed by atoms with Crippen LogP contribution >= 0.6 is 0 Å². The summed E-state index contributed by atoms with van der Waals surface area (Å²) in [5.41, 5.74) is 17.2. The number of phenolic OH excluding ortho intramolecular Hbond substituents is 1. The van der Waals surface area contributed by atoms with Gasteiger partial charge in [0.25, 0.3) is 8.32 Å². The van der Waals surface area contributed by atoms with Crippen molar-refractivity contribution in [2.24, 2.45) is 5.41 Å². The van der Waals surface area contributed by atoms with Crippen molar-refractivity contribution >= 4 is 24.5 Å². The van der Waals surface area contributed by atoms with Crippen LogP contribution in [0.5, 0.6) is 11.5 Å². The summed E-state index contributed by atoms with van der Waals surface area (Å²) in [6.45, 7) is 38.4. The zero-order valence-corrected chi connectivity index (χ0v) is 46.5. The van der Waals surface area contributed by atoms with Gasteiger partial charge in [0, 0.05) is 34.0 Å². The van der Waals surface area contributed by atoms with Crippen LogP contribution in [0.25, 0.3) is 72.7 Å². The molecule has 71 heavy (non-hydrogen) atoms. The average molecular weight is 958 g/mol. The van der Waals surface area contributed by atoms with Crippen LogP contribution < -0.4 is 9.61 Å². The predicted molar refractivity (Wildman–Crippen MR) is 303 cm³/mol. The first-order valence-electron chi connectivity index (χ1n) is 25.6. The van der Waals surface area contributed by atoms with Crippen molar-refractivity contribution in [2.45, 2.75) is 145 Å². The van der Waals surface area contributed by atoms with Gasteiger partial charge in [-0.1, -0.05) is 183 Å². The Balaban J connectivity index is 1.34. The van der Waals surface area contributed by atoms with Crippen LogP contribution in [-0.2, 0) is 28.1 Å². The molecule has 1 N–H and O–H groups in total. The first-order chi connectivity index (χ1) is 33.0. The summed E-state index contributed by atoms with van der Waals surface area (Å²) in [6.07, 6.45) is 2.95. The molecule has 0 radical (unpaired) electrons. The molecule has 366 valence electrons. The highest BCUT2D eigenvalue weighted by Gasteiger charge is 2.38. The van der Waals surface area contributed by atoms with E-state index in [2.05, 4.69) is 243 Å². The van der Waals surface area contributed by atoms with Crippen LogP contribution in [0.1, 0.15) is 132 Å². The van der Waals surface area contributed by atoms with E-state index in [9.17, 15) is 5.11 Å². The Bertz CT molecular complexity index is 3360. The molecular formula is C65H75N3O2Si. The molecule has 6 aromatic carbocycles. The van der Waals surface area contributed by atoms with Gasteiger partial charge in [0.2, 0.25) is 0 Å². The highest BCUT2D eigenvalue weighted by atomic mass is 28.4. The highest BCUT2D eigenvalue weighted by molar-refractivity contribution is 6.86. The van der Waals surface area contributed by atoms with E-state index in [-0.39, 0.29) is 32.8 Å². The number of phenols is 1. The molecule has 0 amide bonds. The number of hydrogen-bond donors (Lipinski definition) is 1. The van der Waals surface area contributed by atoms with Crippen molar-refractivity contribution in [1.29, 1.82) is 0 Å². The van der Waals surface area contributed by atoms with Crippen LogP contribution in [0.4, 0.5) is 0 Å². The van der Waals surface area contributed by atoms with E-state index in [4.69, 9.17) is 14.4 Å². The maximum Gasteiger partial charge on any atom is 0.277 e. The Morgan fingerprint density at radius 3 is 1.83 bits per heavy atom. The molecule has 0 aliphatic carbocycles. The van der Waals surface area contributed by atoms with E-state index in [1.54, 1.807) is 0 Å². The SMILES string of the molecule is CC(C)(C)Cc1ccc2c(c1)[Si](C)(C)Oc1c-2ccnc1-c1cc(-c2cccc3c2nc(-c2cc(C(C)(C)C)cc(C(C)(C)C)c2O)n3-c2ccc(C(C)(C)C)cc2-c2ccccc2)cc(C(C)(C)C)c1. The monoisotopic (exact) mass is 958 g/mol. The van der Waals surface area contributed by atoms with Gasteiger partial charge in [-0.2, -0.15) is 0 Å². The maximum atomic E-state index is 12.7. The van der Waals surface area contributed by atoms with Crippen molar-refractivity contribution in [3.05, 3.63) is 155 Å². The van der Waals surface area contributed by atoms with Gasteiger partial charge in [-0.25, -0.2) is 4.98 Å². The maximum absolute atomic E-state index is 12.7. The molecule has 6 heteroatoms. The topological polar surface area (TPSA) is 60.2 Å². The summed E-state index contributed by atoms with van der Waals surface area (Å²) in [7, 11) is -2.42. The van der Waals surface area contributed by atoms with Crippen molar-refractivity contribution < 1.29 is 9.53 Å². The van der Waals surface area contributed by atoms with Gasteiger partial charge >= 0.3 is 0 Å². The summed E-state index contributed by atoms with van der Waals surface area (Å²) in [4.78, 5) is 10.9. The number of aromatic nitrogens is 3. The zero-order valence-electron chi connectivity index (χ0n) is 45.5. The minimum absolute atomic E-state index is 0.0827. The number of rotatable bonds is 6. The van der Waals surface area contributed by atoms with E-state index < -0.39 is 8.32 Å². The van der Waals surface area contributed by atoms with Gasteiger partial charge in [0.1, 0.15) is 23.0 Å². The van der Waals surface area contributed by atoms with Gasteiger partial charge < -0.3 is 9.53 Å². The minimum Gasteiger partial charge on any atom is -0.538 e. The number of hydrogen-bond acceptors (Lipinski definition) is 4. The van der Waals surface area contributed by atoms with E-state index in [1.807, 2.05) is 6.20 Å². The quantitative estimate of drug-likeness (QED) is 0.169. The lowest BCUT2D eigenvalue weighted by atomic mass is 9.79. The lowest BCUT2D eigenvalue weighted by Gasteiger charge is -2.35. The Morgan fingerprint density at radius 1 is 0.535 bits per heavy atom. The molecular weight excluding hydrogens is 883 g/mol. The van der Waals surface area contributed by atoms with Gasteiger partial charge in [-0.15, -0.1) is 0 Å². The van der Waals surface area contributed by atoms with E-state index in [0.717, 1.165) is 79.1 Å². The number of fused-ring (bicyclic) bond motifs is 4. The lowest BCUT2D eigenvalue weighted by molar-refractivity contribution is 0.411. The third-order valence-corrected chi connectivity index (χ3v) is 16.7. The van der Waals surface area contributed by atoms with Crippen molar-refractivity contribution in [3.63, 3.8) is 0 Å². The molecule has 9 rings (SSSR count). The van der Waals surface area contributed by atoms with Crippen molar-refractivity contribution in [2.75, 3.05) is 0 Å². The normalized spacial score (nSPS) is 14.0. The molecule has 3 heterocycles. The van der Waals surface area contributed by atoms with Crippen LogP contribution in [0, 0.1) is 5.41 Å². The van der Waals surface area contributed by atoms with Gasteiger partial charge in [-0.05, 0) is 133 Å². The number of benzene rings is 6. The van der Waals surface area contributed by atoms with E-state index >= 15 is 0 Å². The molecule has 0 atom stereocenters. The first-order valence-corrected chi connectivity index (χ1v) is 28.5. The summed E-state index contributed by atoms with van der Waals surface area (Å²) in [5, 5.41) is 14.0. The zero-order chi connectivity index (χ0) is 51.4. The van der Waals surface area contributed by atoms with Gasteiger partial charge in [-0.3, -0.25) is 9.55 Å². The lowest BCUT2D eigenvalue weighted by Crippen LogP contribution is -2.51.